The standard InChI is InChI=1S/C18H18F3N3O2/c1-11-8-15(12(2)25-11)17-23-22-16(26-17)10-24(3)9-13-4-6-14(7-5-13)18(19,20)21/h4-8H,9-10H2,1-3H3/p+1. The van der Waals surface area contributed by atoms with Crippen LogP contribution in [0.2, 0.25) is 0 Å². The predicted molar refractivity (Wildman–Crippen MR) is 87.2 cm³/mol. The molecule has 0 fully saturated rings. The van der Waals surface area contributed by atoms with E-state index in [9.17, 15) is 13.2 Å². The normalized spacial score (nSPS) is 13.2. The Labute approximate surface area is 148 Å². The van der Waals surface area contributed by atoms with Crippen LogP contribution < -0.4 is 4.90 Å². The maximum Gasteiger partial charge on any atom is 0.416 e. The molecule has 0 spiro atoms. The topological polar surface area (TPSA) is 56.5 Å². The molecule has 0 amide bonds. The monoisotopic (exact) mass is 366 g/mol. The molecule has 3 rings (SSSR count). The zero-order chi connectivity index (χ0) is 18.9. The van der Waals surface area contributed by atoms with Gasteiger partial charge < -0.3 is 13.7 Å². The van der Waals surface area contributed by atoms with E-state index in [4.69, 9.17) is 8.83 Å². The summed E-state index contributed by atoms with van der Waals surface area (Å²) in [5.41, 5.74) is 0.921. The van der Waals surface area contributed by atoms with Crippen molar-refractivity contribution in [2.24, 2.45) is 0 Å². The Morgan fingerprint density at radius 2 is 1.69 bits per heavy atom. The van der Waals surface area contributed by atoms with Crippen molar-refractivity contribution >= 4 is 0 Å². The quantitative estimate of drug-likeness (QED) is 0.754. The van der Waals surface area contributed by atoms with E-state index < -0.39 is 11.7 Å². The zero-order valence-electron chi connectivity index (χ0n) is 14.6. The van der Waals surface area contributed by atoms with E-state index in [0.29, 0.717) is 30.6 Å². The predicted octanol–water partition coefficient (Wildman–Crippen LogP) is 3.18. The van der Waals surface area contributed by atoms with E-state index in [-0.39, 0.29) is 0 Å². The fourth-order valence-corrected chi connectivity index (χ4v) is 2.76. The molecule has 2 heterocycles. The highest BCUT2D eigenvalue weighted by Gasteiger charge is 2.30. The Bertz CT molecular complexity index is 882. The number of rotatable bonds is 5. The summed E-state index contributed by atoms with van der Waals surface area (Å²) >= 11 is 0. The second-order valence-electron chi connectivity index (χ2n) is 6.33. The molecule has 0 aliphatic rings. The molecule has 1 unspecified atom stereocenters. The van der Waals surface area contributed by atoms with Crippen LogP contribution in [0.3, 0.4) is 0 Å². The highest BCUT2D eigenvalue weighted by molar-refractivity contribution is 5.55. The Kier molecular flexibility index (Phi) is 4.86. The molecule has 2 aromatic heterocycles. The van der Waals surface area contributed by atoms with Gasteiger partial charge in [0.1, 0.15) is 18.1 Å². The van der Waals surface area contributed by atoms with Gasteiger partial charge in [0.25, 0.3) is 11.8 Å². The summed E-state index contributed by atoms with van der Waals surface area (Å²) in [5.74, 6) is 2.34. The number of quaternary nitrogens is 1. The number of aryl methyl sites for hydroxylation is 2. The number of hydrogen-bond donors (Lipinski definition) is 1. The molecule has 5 nitrogen and oxygen atoms in total. The summed E-state index contributed by atoms with van der Waals surface area (Å²) in [5, 5.41) is 8.09. The van der Waals surface area contributed by atoms with Crippen molar-refractivity contribution < 1.29 is 26.9 Å². The number of nitrogens with zero attached hydrogens (tertiary/aromatic N) is 2. The summed E-state index contributed by atoms with van der Waals surface area (Å²) in [7, 11) is 1.91. The van der Waals surface area contributed by atoms with Gasteiger partial charge in [0.2, 0.25) is 0 Å². The Morgan fingerprint density at radius 1 is 1.00 bits per heavy atom. The van der Waals surface area contributed by atoms with Gasteiger partial charge in [0, 0.05) is 5.56 Å². The lowest BCUT2D eigenvalue weighted by Gasteiger charge is -2.12. The van der Waals surface area contributed by atoms with Crippen molar-refractivity contribution in [2.45, 2.75) is 33.1 Å². The first-order valence-corrected chi connectivity index (χ1v) is 8.09. The number of halogens is 3. The fraction of sp³-hybridized carbons (Fsp3) is 0.333. The van der Waals surface area contributed by atoms with Crippen LogP contribution in [0.15, 0.2) is 39.2 Å². The average Bonchev–Trinajstić information content (AvgIpc) is 3.12. The minimum absolute atomic E-state index is 0.400. The van der Waals surface area contributed by atoms with Crippen LogP contribution in [0.4, 0.5) is 13.2 Å². The molecule has 8 heteroatoms. The highest BCUT2D eigenvalue weighted by atomic mass is 19.4. The van der Waals surface area contributed by atoms with E-state index in [1.807, 2.05) is 27.0 Å². The minimum Gasteiger partial charge on any atom is -0.466 e. The average molecular weight is 366 g/mol. The lowest BCUT2D eigenvalue weighted by molar-refractivity contribution is -0.909. The Balaban J connectivity index is 1.63. The first-order valence-electron chi connectivity index (χ1n) is 8.09. The van der Waals surface area contributed by atoms with Crippen LogP contribution >= 0.6 is 0 Å². The van der Waals surface area contributed by atoms with Crippen molar-refractivity contribution in [3.05, 3.63) is 58.9 Å². The van der Waals surface area contributed by atoms with Gasteiger partial charge in [-0.25, -0.2) is 0 Å². The third-order valence-electron chi connectivity index (χ3n) is 3.98. The van der Waals surface area contributed by atoms with Crippen molar-refractivity contribution in [3.8, 4) is 11.5 Å². The number of alkyl halides is 3. The smallest absolute Gasteiger partial charge is 0.416 e. The second kappa shape index (κ2) is 6.95. The highest BCUT2D eigenvalue weighted by Crippen LogP contribution is 2.29. The van der Waals surface area contributed by atoms with Crippen LogP contribution in [-0.4, -0.2) is 17.2 Å². The number of benzene rings is 1. The van der Waals surface area contributed by atoms with Gasteiger partial charge in [0.05, 0.1) is 18.2 Å². The van der Waals surface area contributed by atoms with Crippen LogP contribution in [0.5, 0.6) is 0 Å². The summed E-state index contributed by atoms with van der Waals surface area (Å²) in [6.07, 6.45) is -4.32. The summed E-state index contributed by atoms with van der Waals surface area (Å²) in [6.45, 7) is 4.67. The Morgan fingerprint density at radius 3 is 2.27 bits per heavy atom. The Hall–Kier alpha value is -2.61. The SMILES string of the molecule is Cc1cc(-c2nnc(C[NH+](C)Cc3ccc(C(F)(F)F)cc3)o2)c(C)o1. The lowest BCUT2D eigenvalue weighted by Crippen LogP contribution is -3.06. The van der Waals surface area contributed by atoms with Crippen molar-refractivity contribution in [1.82, 2.24) is 10.2 Å². The number of hydrogen-bond acceptors (Lipinski definition) is 4. The molecule has 0 aliphatic heterocycles. The molecule has 0 bridgehead atoms. The van der Waals surface area contributed by atoms with Crippen LogP contribution in [-0.2, 0) is 19.3 Å². The van der Waals surface area contributed by atoms with E-state index in [1.54, 1.807) is 0 Å². The first-order chi connectivity index (χ1) is 12.2. The zero-order valence-corrected chi connectivity index (χ0v) is 14.6. The van der Waals surface area contributed by atoms with Gasteiger partial charge in [-0.15, -0.1) is 10.2 Å². The van der Waals surface area contributed by atoms with Gasteiger partial charge >= 0.3 is 6.18 Å². The van der Waals surface area contributed by atoms with Crippen molar-refractivity contribution in [3.63, 3.8) is 0 Å². The fourth-order valence-electron chi connectivity index (χ4n) is 2.76. The third kappa shape index (κ3) is 4.13. The first kappa shape index (κ1) is 18.2. The van der Waals surface area contributed by atoms with Gasteiger partial charge in [-0.05, 0) is 32.0 Å². The lowest BCUT2D eigenvalue weighted by atomic mass is 10.1. The molecule has 138 valence electrons. The molecular weight excluding hydrogens is 347 g/mol. The molecule has 1 N–H and O–H groups in total. The van der Waals surface area contributed by atoms with Gasteiger partial charge in [-0.3, -0.25) is 0 Å². The van der Waals surface area contributed by atoms with E-state index in [1.165, 1.54) is 12.1 Å². The van der Waals surface area contributed by atoms with E-state index >= 15 is 0 Å². The van der Waals surface area contributed by atoms with E-state index in [2.05, 4.69) is 10.2 Å². The third-order valence-corrected chi connectivity index (χ3v) is 3.98. The molecule has 1 aromatic carbocycles. The van der Waals surface area contributed by atoms with Crippen molar-refractivity contribution in [2.75, 3.05) is 7.05 Å². The molecule has 0 radical (unpaired) electrons. The molecule has 0 saturated carbocycles. The molecule has 1 atom stereocenters. The molecule has 3 aromatic rings. The molecule has 26 heavy (non-hydrogen) atoms. The number of nitrogens with one attached hydrogen (secondary N) is 1. The van der Waals surface area contributed by atoms with Gasteiger partial charge in [0.15, 0.2) is 6.54 Å². The van der Waals surface area contributed by atoms with Gasteiger partial charge in [-0.2, -0.15) is 13.2 Å². The van der Waals surface area contributed by atoms with Crippen LogP contribution in [0.25, 0.3) is 11.5 Å². The summed E-state index contributed by atoms with van der Waals surface area (Å²) < 4.78 is 48.9. The number of furan rings is 1. The maximum atomic E-state index is 12.6. The maximum absolute atomic E-state index is 12.6. The van der Waals surface area contributed by atoms with E-state index in [0.717, 1.165) is 33.9 Å². The largest absolute Gasteiger partial charge is 0.466 e. The van der Waals surface area contributed by atoms with Crippen molar-refractivity contribution in [1.29, 1.82) is 0 Å². The minimum atomic E-state index is -4.32. The van der Waals surface area contributed by atoms with Crippen LogP contribution in [0.1, 0.15) is 28.5 Å². The van der Waals surface area contributed by atoms with Crippen LogP contribution in [0, 0.1) is 13.8 Å². The second-order valence-corrected chi connectivity index (χ2v) is 6.33. The van der Waals surface area contributed by atoms with Gasteiger partial charge in [-0.1, -0.05) is 12.1 Å². The molecular formula is C18H19F3N3O2+. The summed E-state index contributed by atoms with van der Waals surface area (Å²) in [6, 6.07) is 7.01. The molecule has 0 aliphatic carbocycles. The molecule has 0 saturated heterocycles. The summed E-state index contributed by atoms with van der Waals surface area (Å²) in [4.78, 5) is 1.01. The number of aromatic nitrogens is 2.